The molecule has 6 nitrogen and oxygen atoms in total. The van der Waals surface area contributed by atoms with Gasteiger partial charge >= 0.3 is 5.97 Å². The monoisotopic (exact) mass is 455 g/mol. The topological polar surface area (TPSA) is 79.5 Å². The van der Waals surface area contributed by atoms with Crippen molar-refractivity contribution >= 4 is 17.3 Å². The summed E-state index contributed by atoms with van der Waals surface area (Å²) >= 11 is 1.71. The molecule has 2 aromatic heterocycles. The van der Waals surface area contributed by atoms with Crippen LogP contribution in [0.2, 0.25) is 0 Å². The lowest BCUT2D eigenvalue weighted by Gasteiger charge is -2.15. The van der Waals surface area contributed by atoms with Crippen molar-refractivity contribution in [3.63, 3.8) is 0 Å². The van der Waals surface area contributed by atoms with Gasteiger partial charge in [-0.05, 0) is 87.2 Å². The number of thiophene rings is 1. The number of carbonyl (C=O) groups is 1. The van der Waals surface area contributed by atoms with Crippen molar-refractivity contribution < 1.29 is 14.4 Å². The van der Waals surface area contributed by atoms with E-state index in [-0.39, 0.29) is 6.42 Å². The molecule has 0 bridgehead atoms. The lowest BCUT2D eigenvalue weighted by Crippen LogP contribution is -2.18. The average Bonchev–Trinajstić information content (AvgIpc) is 3.38. The number of aromatic nitrogens is 2. The van der Waals surface area contributed by atoms with Crippen LogP contribution in [-0.2, 0) is 24.2 Å². The van der Waals surface area contributed by atoms with Gasteiger partial charge in [0.15, 0.2) is 0 Å². The number of hydrogen-bond donors (Lipinski definition) is 1. The van der Waals surface area contributed by atoms with Crippen LogP contribution >= 0.6 is 11.3 Å². The van der Waals surface area contributed by atoms with E-state index in [4.69, 9.17) is 9.63 Å². The van der Waals surface area contributed by atoms with Crippen molar-refractivity contribution in [1.29, 1.82) is 0 Å². The minimum Gasteiger partial charge on any atom is -0.481 e. The fourth-order valence-electron chi connectivity index (χ4n) is 3.90. The van der Waals surface area contributed by atoms with Gasteiger partial charge in [0.05, 0.1) is 4.88 Å². The van der Waals surface area contributed by atoms with Gasteiger partial charge in [-0.15, -0.1) is 11.3 Å². The van der Waals surface area contributed by atoms with Gasteiger partial charge in [-0.3, -0.25) is 4.79 Å². The van der Waals surface area contributed by atoms with E-state index in [2.05, 4.69) is 55.0 Å². The summed E-state index contributed by atoms with van der Waals surface area (Å²) in [5.41, 5.74) is 5.46. The molecule has 0 unspecified atom stereocenters. The van der Waals surface area contributed by atoms with Gasteiger partial charge < -0.3 is 14.5 Å². The summed E-state index contributed by atoms with van der Waals surface area (Å²) in [4.78, 5) is 20.4. The third-order valence-electron chi connectivity index (χ3n) is 5.76. The highest BCUT2D eigenvalue weighted by atomic mass is 32.1. The third-order valence-corrected chi connectivity index (χ3v) is 6.97. The Bertz CT molecular complexity index is 1070. The molecule has 0 aliphatic carbocycles. The van der Waals surface area contributed by atoms with E-state index in [0.29, 0.717) is 18.1 Å². The Morgan fingerprint density at radius 1 is 1.19 bits per heavy atom. The number of hydrogen-bond acceptors (Lipinski definition) is 6. The second-order valence-electron chi connectivity index (χ2n) is 8.41. The van der Waals surface area contributed by atoms with Gasteiger partial charge in [-0.2, -0.15) is 4.98 Å². The highest BCUT2D eigenvalue weighted by molar-refractivity contribution is 7.15. The molecule has 0 fully saturated rings. The number of carboxylic acids is 1. The number of aryl methyl sites for hydroxylation is 3. The van der Waals surface area contributed by atoms with Crippen LogP contribution < -0.4 is 0 Å². The molecule has 3 aromatic rings. The van der Waals surface area contributed by atoms with Crippen LogP contribution in [0.15, 0.2) is 22.7 Å². The molecule has 0 aliphatic heterocycles. The molecule has 3 rings (SSSR count). The molecular formula is C25H33N3O3S. The van der Waals surface area contributed by atoms with E-state index in [9.17, 15) is 4.79 Å². The van der Waals surface area contributed by atoms with Crippen LogP contribution in [0.25, 0.3) is 22.2 Å². The maximum atomic E-state index is 11.0. The molecular weight excluding hydrogens is 422 g/mol. The van der Waals surface area contributed by atoms with Crippen LogP contribution in [-0.4, -0.2) is 39.7 Å². The Balaban J connectivity index is 1.82. The zero-order valence-electron chi connectivity index (χ0n) is 19.7. The molecule has 1 N–H and O–H groups in total. The van der Waals surface area contributed by atoms with Crippen LogP contribution in [0.3, 0.4) is 0 Å². The fraction of sp³-hybridized carbons (Fsp3) is 0.480. The fourth-order valence-corrected chi connectivity index (χ4v) is 5.08. The van der Waals surface area contributed by atoms with Crippen LogP contribution in [0.4, 0.5) is 0 Å². The molecule has 0 spiro atoms. The predicted molar refractivity (Wildman–Crippen MR) is 129 cm³/mol. The van der Waals surface area contributed by atoms with Gasteiger partial charge in [0, 0.05) is 23.4 Å². The van der Waals surface area contributed by atoms with Gasteiger partial charge in [0.1, 0.15) is 0 Å². The highest BCUT2D eigenvalue weighted by Crippen LogP contribution is 2.33. The number of nitrogens with zero attached hydrogens (tertiary/aromatic N) is 3. The van der Waals surface area contributed by atoms with Crippen molar-refractivity contribution in [2.45, 2.75) is 66.3 Å². The first kappa shape index (κ1) is 24.1. The number of benzene rings is 1. The molecule has 172 valence electrons. The summed E-state index contributed by atoms with van der Waals surface area (Å²) in [7, 11) is 2.16. The zero-order valence-corrected chi connectivity index (χ0v) is 20.5. The van der Waals surface area contributed by atoms with Crippen molar-refractivity contribution in [2.75, 3.05) is 13.6 Å². The summed E-state index contributed by atoms with van der Waals surface area (Å²) < 4.78 is 5.62. The first-order valence-electron chi connectivity index (χ1n) is 11.3. The van der Waals surface area contributed by atoms with E-state index in [1.54, 1.807) is 11.3 Å². The summed E-state index contributed by atoms with van der Waals surface area (Å²) in [5, 5.41) is 13.3. The minimum absolute atomic E-state index is 0.132. The Morgan fingerprint density at radius 2 is 1.97 bits per heavy atom. The molecule has 0 amide bonds. The molecule has 0 saturated carbocycles. The normalized spacial score (nSPS) is 11.4. The largest absolute Gasteiger partial charge is 0.481 e. The third kappa shape index (κ3) is 5.84. The molecule has 0 aliphatic rings. The van der Waals surface area contributed by atoms with Crippen LogP contribution in [0.5, 0.6) is 0 Å². The maximum absolute atomic E-state index is 11.0. The number of rotatable bonds is 11. The summed E-state index contributed by atoms with van der Waals surface area (Å²) in [6.07, 6.45) is 3.89. The average molecular weight is 456 g/mol. The van der Waals surface area contributed by atoms with E-state index >= 15 is 0 Å². The number of carboxylic acid groups (broad SMARTS) is 1. The molecule has 7 heteroatoms. The lowest BCUT2D eigenvalue weighted by atomic mass is 9.93. The lowest BCUT2D eigenvalue weighted by molar-refractivity contribution is -0.136. The van der Waals surface area contributed by atoms with E-state index < -0.39 is 5.97 Å². The molecule has 1 aromatic carbocycles. The first-order valence-corrected chi connectivity index (χ1v) is 12.1. The van der Waals surface area contributed by atoms with Crippen molar-refractivity contribution in [2.24, 2.45) is 0 Å². The molecule has 2 heterocycles. The van der Waals surface area contributed by atoms with Gasteiger partial charge in [0.2, 0.25) is 5.82 Å². The summed E-state index contributed by atoms with van der Waals surface area (Å²) in [5.74, 6) is 0.331. The SMILES string of the molecule is CCCCN(C)Cc1sc(-c2nc(-c3cc(C)c(CCC(=O)O)c(CC)c3)no2)cc1C. The second kappa shape index (κ2) is 10.9. The molecule has 32 heavy (non-hydrogen) atoms. The Labute approximate surface area is 194 Å². The predicted octanol–water partition coefficient (Wildman–Crippen LogP) is 5.89. The molecule has 0 radical (unpaired) electrons. The maximum Gasteiger partial charge on any atom is 0.303 e. The van der Waals surface area contributed by atoms with Crippen LogP contribution in [0.1, 0.15) is 60.2 Å². The standard InChI is InChI=1S/C25H33N3O3S/c1-6-8-11-28(5)15-22-17(4)13-21(32-22)25-26-24(27-31-25)19-12-16(3)20(9-10-23(29)30)18(7-2)14-19/h12-14H,6-11,15H2,1-5H3,(H,29,30). The van der Waals surface area contributed by atoms with E-state index in [1.807, 2.05) is 13.0 Å². The highest BCUT2D eigenvalue weighted by Gasteiger charge is 2.17. The first-order chi connectivity index (χ1) is 15.3. The van der Waals surface area contributed by atoms with Gasteiger partial charge in [-0.25, -0.2) is 0 Å². The smallest absolute Gasteiger partial charge is 0.303 e. The van der Waals surface area contributed by atoms with Gasteiger partial charge in [-0.1, -0.05) is 25.4 Å². The number of aliphatic carboxylic acids is 1. The Kier molecular flexibility index (Phi) is 8.21. The van der Waals surface area contributed by atoms with Gasteiger partial charge in [0.25, 0.3) is 5.89 Å². The van der Waals surface area contributed by atoms with Crippen molar-refractivity contribution in [1.82, 2.24) is 15.0 Å². The van der Waals surface area contributed by atoms with Crippen molar-refractivity contribution in [3.05, 3.63) is 45.3 Å². The van der Waals surface area contributed by atoms with Crippen LogP contribution in [0, 0.1) is 13.8 Å². The number of unbranched alkanes of at least 4 members (excludes halogenated alkanes) is 1. The Hall–Kier alpha value is -2.51. The zero-order chi connectivity index (χ0) is 23.3. The quantitative estimate of drug-likeness (QED) is 0.388. The summed E-state index contributed by atoms with van der Waals surface area (Å²) in [6, 6.07) is 6.22. The molecule has 0 saturated heterocycles. The molecule has 0 atom stereocenters. The summed E-state index contributed by atoms with van der Waals surface area (Å²) in [6.45, 7) is 10.5. The second-order valence-corrected chi connectivity index (χ2v) is 9.55. The van der Waals surface area contributed by atoms with Crippen molar-refractivity contribution in [3.8, 4) is 22.2 Å². The Morgan fingerprint density at radius 3 is 2.66 bits per heavy atom. The minimum atomic E-state index is -0.777. The van der Waals surface area contributed by atoms with E-state index in [0.717, 1.165) is 46.6 Å². The van der Waals surface area contributed by atoms with E-state index in [1.165, 1.54) is 23.3 Å².